The highest BCUT2D eigenvalue weighted by Gasteiger charge is 2.42. The molecule has 0 aromatic heterocycles. The minimum Gasteiger partial charge on any atom is -0.494 e. The zero-order valence-corrected chi connectivity index (χ0v) is 15.3. The predicted molar refractivity (Wildman–Crippen MR) is 96.2 cm³/mol. The van der Waals surface area contributed by atoms with Gasteiger partial charge in [0.1, 0.15) is 17.6 Å². The van der Waals surface area contributed by atoms with Crippen LogP contribution in [0.5, 0.6) is 11.5 Å². The second-order valence-corrected chi connectivity index (χ2v) is 6.66. The van der Waals surface area contributed by atoms with E-state index in [1.165, 1.54) is 5.56 Å². The summed E-state index contributed by atoms with van der Waals surface area (Å²) in [5.41, 5.74) is 7.91. The summed E-state index contributed by atoms with van der Waals surface area (Å²) in [4.78, 5) is 12.0. The largest absolute Gasteiger partial charge is 0.494 e. The van der Waals surface area contributed by atoms with Crippen LogP contribution in [0.3, 0.4) is 0 Å². The molecule has 1 heterocycles. The molecule has 24 heavy (non-hydrogen) atoms. The summed E-state index contributed by atoms with van der Waals surface area (Å²) in [6, 6.07) is 4.39. The van der Waals surface area contributed by atoms with Gasteiger partial charge in [0.15, 0.2) is 0 Å². The molecular weight excluding hydrogens is 328 g/mol. The first-order valence-corrected chi connectivity index (χ1v) is 8.50. The van der Waals surface area contributed by atoms with Crippen LogP contribution in [-0.2, 0) is 11.2 Å². The van der Waals surface area contributed by atoms with Crippen LogP contribution in [0.2, 0.25) is 0 Å². The Hall–Kier alpha value is -1.46. The first-order valence-electron chi connectivity index (χ1n) is 8.50. The van der Waals surface area contributed by atoms with Gasteiger partial charge in [-0.2, -0.15) is 0 Å². The smallest absolute Gasteiger partial charge is 0.224 e. The number of hydrogen-bond acceptors (Lipinski definition) is 4. The van der Waals surface area contributed by atoms with Crippen LogP contribution < -0.4 is 20.5 Å². The summed E-state index contributed by atoms with van der Waals surface area (Å²) in [5.74, 6) is 2.08. The van der Waals surface area contributed by atoms with Gasteiger partial charge < -0.3 is 20.5 Å². The van der Waals surface area contributed by atoms with Crippen LogP contribution in [0.4, 0.5) is 0 Å². The Morgan fingerprint density at radius 1 is 1.50 bits per heavy atom. The molecule has 3 N–H and O–H groups in total. The van der Waals surface area contributed by atoms with Crippen molar-refractivity contribution in [1.82, 2.24) is 5.32 Å². The van der Waals surface area contributed by atoms with Crippen molar-refractivity contribution in [3.63, 3.8) is 0 Å². The van der Waals surface area contributed by atoms with E-state index in [1.54, 1.807) is 0 Å². The molecule has 1 aromatic carbocycles. The lowest BCUT2D eigenvalue weighted by atomic mass is 10.0. The maximum Gasteiger partial charge on any atom is 0.224 e. The topological polar surface area (TPSA) is 73.6 Å². The highest BCUT2D eigenvalue weighted by molar-refractivity contribution is 5.85. The molecule has 1 aliphatic carbocycles. The molecule has 0 radical (unpaired) electrons. The number of nitrogens with two attached hydrogens (primary N) is 1. The molecule has 1 fully saturated rings. The molecular formula is C18H27ClN2O3. The van der Waals surface area contributed by atoms with Gasteiger partial charge in [0, 0.05) is 42.0 Å². The maximum atomic E-state index is 12.0. The molecule has 1 aliphatic heterocycles. The lowest BCUT2D eigenvalue weighted by Gasteiger charge is -2.14. The third-order valence-electron chi connectivity index (χ3n) is 4.65. The summed E-state index contributed by atoms with van der Waals surface area (Å²) in [7, 11) is 0. The summed E-state index contributed by atoms with van der Waals surface area (Å²) in [5, 5.41) is 3.08. The zero-order valence-electron chi connectivity index (χ0n) is 14.5. The molecule has 5 nitrogen and oxygen atoms in total. The molecule has 2 aliphatic rings. The van der Waals surface area contributed by atoms with Crippen LogP contribution in [-0.4, -0.2) is 31.2 Å². The molecule has 0 saturated heterocycles. The average molecular weight is 355 g/mol. The fourth-order valence-electron chi connectivity index (χ4n) is 3.16. The fourth-order valence-corrected chi connectivity index (χ4v) is 3.16. The number of ether oxygens (including phenoxy) is 2. The molecule has 134 valence electrons. The van der Waals surface area contributed by atoms with Crippen molar-refractivity contribution in [2.24, 2.45) is 11.7 Å². The first-order chi connectivity index (χ1) is 11.0. The first kappa shape index (κ1) is 18.9. The van der Waals surface area contributed by atoms with Gasteiger partial charge >= 0.3 is 0 Å². The van der Waals surface area contributed by atoms with E-state index in [9.17, 15) is 4.79 Å². The molecule has 1 amide bonds. The molecule has 6 heteroatoms. The highest BCUT2D eigenvalue weighted by atomic mass is 35.5. The number of carbonyl (C=O) groups excluding carboxylic acids is 1. The number of hydrogen-bond donors (Lipinski definition) is 2. The van der Waals surface area contributed by atoms with E-state index in [0.29, 0.717) is 19.1 Å². The highest BCUT2D eigenvalue weighted by Crippen LogP contribution is 2.48. The van der Waals surface area contributed by atoms with Gasteiger partial charge in [0.25, 0.3) is 0 Å². The van der Waals surface area contributed by atoms with E-state index in [2.05, 4.69) is 24.4 Å². The third kappa shape index (κ3) is 3.78. The molecule has 0 spiro atoms. The lowest BCUT2D eigenvalue weighted by molar-refractivity contribution is -0.124. The number of amides is 1. The number of fused-ring (bicyclic) bond motifs is 1. The van der Waals surface area contributed by atoms with Crippen LogP contribution in [0.25, 0.3) is 0 Å². The van der Waals surface area contributed by atoms with Crippen molar-refractivity contribution in [2.45, 2.75) is 51.7 Å². The van der Waals surface area contributed by atoms with Crippen molar-refractivity contribution >= 4 is 18.3 Å². The number of rotatable bonds is 6. The van der Waals surface area contributed by atoms with Crippen molar-refractivity contribution in [1.29, 1.82) is 0 Å². The summed E-state index contributed by atoms with van der Waals surface area (Å²) in [6.45, 7) is 6.93. The van der Waals surface area contributed by atoms with Crippen molar-refractivity contribution in [3.8, 4) is 11.5 Å². The molecule has 3 rings (SSSR count). The maximum absolute atomic E-state index is 12.0. The van der Waals surface area contributed by atoms with Gasteiger partial charge in [-0.05, 0) is 32.4 Å². The van der Waals surface area contributed by atoms with E-state index >= 15 is 0 Å². The Morgan fingerprint density at radius 2 is 2.25 bits per heavy atom. The SMILES string of the molecule is CCOc1cc2c(cc1C1CC1NC(=O)C(C)CN)OC(C)C2.Cl. The Bertz CT molecular complexity index is 608. The Kier molecular flexibility index (Phi) is 5.99. The Labute approximate surface area is 149 Å². The Morgan fingerprint density at radius 3 is 2.92 bits per heavy atom. The second kappa shape index (κ2) is 7.62. The normalized spacial score (nSPS) is 25.1. The fraction of sp³-hybridized carbons (Fsp3) is 0.611. The Balaban J connectivity index is 0.00000208. The lowest BCUT2D eigenvalue weighted by Crippen LogP contribution is -2.35. The van der Waals surface area contributed by atoms with Crippen molar-refractivity contribution < 1.29 is 14.3 Å². The average Bonchev–Trinajstić information content (AvgIpc) is 3.18. The summed E-state index contributed by atoms with van der Waals surface area (Å²) >= 11 is 0. The number of carbonyl (C=O) groups is 1. The standard InChI is InChI=1S/C18H26N2O3.ClH/c1-4-22-17-6-12-5-11(3)23-16(12)8-14(17)13-7-15(13)20-18(21)10(2)9-19;/h6,8,10-11,13,15H,4-5,7,9,19H2,1-3H3,(H,20,21);1H. The van der Waals surface area contributed by atoms with Gasteiger partial charge in [-0.25, -0.2) is 0 Å². The van der Waals surface area contributed by atoms with Gasteiger partial charge in [0.05, 0.1) is 6.61 Å². The molecule has 1 saturated carbocycles. The molecule has 0 bridgehead atoms. The predicted octanol–water partition coefficient (Wildman–Crippen LogP) is 2.40. The van der Waals surface area contributed by atoms with Crippen molar-refractivity contribution in [3.05, 3.63) is 23.3 Å². The number of benzene rings is 1. The quantitative estimate of drug-likeness (QED) is 0.822. The van der Waals surface area contributed by atoms with E-state index in [4.69, 9.17) is 15.2 Å². The van der Waals surface area contributed by atoms with Crippen molar-refractivity contribution in [2.75, 3.05) is 13.2 Å². The van der Waals surface area contributed by atoms with E-state index < -0.39 is 0 Å². The zero-order chi connectivity index (χ0) is 16.6. The third-order valence-corrected chi connectivity index (χ3v) is 4.65. The number of nitrogens with one attached hydrogen (secondary N) is 1. The van der Waals surface area contributed by atoms with Gasteiger partial charge in [-0.3, -0.25) is 4.79 Å². The number of halogens is 1. The minimum atomic E-state index is -0.146. The molecule has 1 aromatic rings. The van der Waals surface area contributed by atoms with E-state index in [0.717, 1.165) is 29.9 Å². The van der Waals surface area contributed by atoms with Gasteiger partial charge in [-0.1, -0.05) is 6.92 Å². The molecule has 4 unspecified atom stereocenters. The molecule has 4 atom stereocenters. The van der Waals surface area contributed by atoms with Crippen LogP contribution in [0.1, 0.15) is 44.2 Å². The summed E-state index contributed by atoms with van der Waals surface area (Å²) in [6.07, 6.45) is 2.08. The van der Waals surface area contributed by atoms with Crippen LogP contribution >= 0.6 is 12.4 Å². The van der Waals surface area contributed by atoms with E-state index in [-0.39, 0.29) is 36.4 Å². The van der Waals surface area contributed by atoms with E-state index in [1.807, 2.05) is 13.8 Å². The summed E-state index contributed by atoms with van der Waals surface area (Å²) < 4.78 is 11.7. The van der Waals surface area contributed by atoms with Gasteiger partial charge in [-0.15, -0.1) is 12.4 Å². The van der Waals surface area contributed by atoms with Gasteiger partial charge in [0.2, 0.25) is 5.91 Å². The minimum absolute atomic E-state index is 0. The second-order valence-electron chi connectivity index (χ2n) is 6.66. The van der Waals surface area contributed by atoms with Crippen LogP contribution in [0.15, 0.2) is 12.1 Å². The monoisotopic (exact) mass is 354 g/mol. The van der Waals surface area contributed by atoms with Crippen LogP contribution in [0, 0.1) is 5.92 Å².